The third kappa shape index (κ3) is 2.61. The van der Waals surface area contributed by atoms with Crippen molar-refractivity contribution >= 4 is 27.5 Å². The minimum Gasteiger partial charge on any atom is -0.399 e. The van der Waals surface area contributed by atoms with Crippen LogP contribution in [0.1, 0.15) is 10.4 Å². The van der Waals surface area contributed by atoms with Crippen molar-refractivity contribution in [2.75, 3.05) is 32.9 Å². The molecule has 0 radical (unpaired) electrons. The molecule has 0 saturated carbocycles. The lowest BCUT2D eigenvalue weighted by atomic mass is 10.1. The molecule has 0 bridgehead atoms. The summed E-state index contributed by atoms with van der Waals surface area (Å²) in [7, 11) is 4.06. The molecule has 5 heteroatoms. The molecule has 1 saturated heterocycles. The molecule has 0 atom stereocenters. The number of carbonyl (C=O) groups is 1. The van der Waals surface area contributed by atoms with Crippen LogP contribution in [0.4, 0.5) is 5.69 Å². The Morgan fingerprint density at radius 1 is 1.41 bits per heavy atom. The fraction of sp³-hybridized carbons (Fsp3) is 0.417. The highest BCUT2D eigenvalue weighted by Gasteiger charge is 2.32. The fourth-order valence-corrected chi connectivity index (χ4v) is 2.38. The van der Waals surface area contributed by atoms with Crippen molar-refractivity contribution in [2.45, 2.75) is 6.04 Å². The van der Waals surface area contributed by atoms with Crippen LogP contribution in [0.5, 0.6) is 0 Å². The second kappa shape index (κ2) is 4.66. The van der Waals surface area contributed by atoms with Gasteiger partial charge in [-0.15, -0.1) is 0 Å². The maximum absolute atomic E-state index is 12.1. The number of carbonyl (C=O) groups excluding carboxylic acids is 1. The molecule has 1 fully saturated rings. The van der Waals surface area contributed by atoms with Crippen molar-refractivity contribution < 1.29 is 4.79 Å². The predicted molar refractivity (Wildman–Crippen MR) is 71.9 cm³/mol. The molecular formula is C12H16BrN3O. The van der Waals surface area contributed by atoms with Gasteiger partial charge in [-0.2, -0.15) is 0 Å². The Morgan fingerprint density at radius 2 is 2.06 bits per heavy atom. The lowest BCUT2D eigenvalue weighted by molar-refractivity contribution is 0.0399. The van der Waals surface area contributed by atoms with Crippen LogP contribution in [-0.2, 0) is 0 Å². The normalized spacial score (nSPS) is 16.1. The van der Waals surface area contributed by atoms with Gasteiger partial charge in [0, 0.05) is 34.9 Å². The highest BCUT2D eigenvalue weighted by molar-refractivity contribution is 9.10. The molecule has 1 aliphatic heterocycles. The van der Waals surface area contributed by atoms with Crippen molar-refractivity contribution in [1.29, 1.82) is 0 Å². The zero-order valence-electron chi connectivity index (χ0n) is 9.98. The number of nitrogens with zero attached hydrogens (tertiary/aromatic N) is 2. The van der Waals surface area contributed by atoms with Crippen LogP contribution in [0.2, 0.25) is 0 Å². The number of nitrogens with two attached hydrogens (primary N) is 1. The standard InChI is InChI=1S/C12H16BrN3O/c1-15(2)11-6-16(7-11)12(17)8-3-9(13)5-10(14)4-8/h3-5,11H,6-7,14H2,1-2H3. The number of likely N-dealkylation sites (tertiary alicyclic amines) is 1. The van der Waals surface area contributed by atoms with Gasteiger partial charge in [0.25, 0.3) is 5.91 Å². The number of halogens is 1. The van der Waals surface area contributed by atoms with Gasteiger partial charge in [-0.25, -0.2) is 0 Å². The van der Waals surface area contributed by atoms with E-state index in [2.05, 4.69) is 20.8 Å². The topological polar surface area (TPSA) is 49.6 Å². The monoisotopic (exact) mass is 297 g/mol. The van der Waals surface area contributed by atoms with Crippen LogP contribution in [0.15, 0.2) is 22.7 Å². The second-order valence-electron chi connectivity index (χ2n) is 4.60. The van der Waals surface area contributed by atoms with E-state index in [1.54, 1.807) is 12.1 Å². The van der Waals surface area contributed by atoms with Crippen LogP contribution < -0.4 is 5.73 Å². The maximum atomic E-state index is 12.1. The van der Waals surface area contributed by atoms with Gasteiger partial charge in [-0.05, 0) is 32.3 Å². The summed E-state index contributed by atoms with van der Waals surface area (Å²) in [4.78, 5) is 16.1. The average Bonchev–Trinajstić information content (AvgIpc) is 2.12. The molecule has 1 amide bonds. The Balaban J connectivity index is 2.06. The molecule has 2 N–H and O–H groups in total. The molecule has 1 heterocycles. The molecule has 92 valence electrons. The summed E-state index contributed by atoms with van der Waals surface area (Å²) >= 11 is 3.35. The number of hydrogen-bond acceptors (Lipinski definition) is 3. The van der Waals surface area contributed by atoms with Gasteiger partial charge in [-0.1, -0.05) is 15.9 Å². The van der Waals surface area contributed by atoms with Crippen LogP contribution in [-0.4, -0.2) is 48.9 Å². The lowest BCUT2D eigenvalue weighted by Gasteiger charge is -2.42. The quantitative estimate of drug-likeness (QED) is 0.840. The van der Waals surface area contributed by atoms with Crippen LogP contribution in [0.25, 0.3) is 0 Å². The molecule has 0 unspecified atom stereocenters. The number of rotatable bonds is 2. The third-order valence-corrected chi connectivity index (χ3v) is 3.50. The van der Waals surface area contributed by atoms with Crippen molar-refractivity contribution in [1.82, 2.24) is 9.80 Å². The minimum atomic E-state index is 0.0519. The number of hydrogen-bond donors (Lipinski definition) is 1. The number of benzene rings is 1. The summed E-state index contributed by atoms with van der Waals surface area (Å²) in [5.74, 6) is 0.0519. The molecule has 0 aromatic heterocycles. The summed E-state index contributed by atoms with van der Waals surface area (Å²) in [6, 6.07) is 5.79. The Labute approximate surface area is 110 Å². The largest absolute Gasteiger partial charge is 0.399 e. The van der Waals surface area contributed by atoms with Gasteiger partial charge in [0.15, 0.2) is 0 Å². The maximum Gasteiger partial charge on any atom is 0.254 e. The zero-order valence-corrected chi connectivity index (χ0v) is 11.6. The first-order chi connectivity index (χ1) is 7.97. The molecule has 0 spiro atoms. The Bertz CT molecular complexity index is 421. The van der Waals surface area contributed by atoms with Gasteiger partial charge in [0.1, 0.15) is 0 Å². The first-order valence-corrected chi connectivity index (χ1v) is 6.28. The van der Waals surface area contributed by atoms with E-state index >= 15 is 0 Å². The van der Waals surface area contributed by atoms with E-state index in [0.29, 0.717) is 17.3 Å². The molecule has 4 nitrogen and oxygen atoms in total. The van der Waals surface area contributed by atoms with Gasteiger partial charge in [0.05, 0.1) is 0 Å². The smallest absolute Gasteiger partial charge is 0.254 e. The average molecular weight is 298 g/mol. The molecule has 0 aliphatic carbocycles. The molecule has 1 aromatic rings. The van der Waals surface area contributed by atoms with Gasteiger partial charge < -0.3 is 15.5 Å². The van der Waals surface area contributed by atoms with E-state index in [4.69, 9.17) is 5.73 Å². The van der Waals surface area contributed by atoms with Crippen molar-refractivity contribution in [2.24, 2.45) is 0 Å². The van der Waals surface area contributed by atoms with E-state index in [-0.39, 0.29) is 5.91 Å². The summed E-state index contributed by atoms with van der Waals surface area (Å²) in [6.07, 6.45) is 0. The zero-order chi connectivity index (χ0) is 12.6. The summed E-state index contributed by atoms with van der Waals surface area (Å²) in [5, 5.41) is 0. The molecule has 2 rings (SSSR count). The van der Waals surface area contributed by atoms with Crippen LogP contribution >= 0.6 is 15.9 Å². The number of nitrogen functional groups attached to an aromatic ring is 1. The molecule has 1 aliphatic rings. The Hall–Kier alpha value is -1.07. The van der Waals surface area contributed by atoms with E-state index in [1.807, 2.05) is 25.1 Å². The van der Waals surface area contributed by atoms with Crippen molar-refractivity contribution in [3.05, 3.63) is 28.2 Å². The summed E-state index contributed by atoms with van der Waals surface area (Å²) in [6.45, 7) is 1.58. The lowest BCUT2D eigenvalue weighted by Crippen LogP contribution is -2.59. The van der Waals surface area contributed by atoms with Crippen LogP contribution in [0, 0.1) is 0 Å². The van der Waals surface area contributed by atoms with E-state index in [0.717, 1.165) is 17.6 Å². The van der Waals surface area contributed by atoms with Gasteiger partial charge >= 0.3 is 0 Å². The van der Waals surface area contributed by atoms with E-state index in [9.17, 15) is 4.79 Å². The van der Waals surface area contributed by atoms with E-state index < -0.39 is 0 Å². The highest BCUT2D eigenvalue weighted by Crippen LogP contribution is 2.21. The van der Waals surface area contributed by atoms with Crippen LogP contribution in [0.3, 0.4) is 0 Å². The molecular weight excluding hydrogens is 282 g/mol. The number of amides is 1. The Kier molecular flexibility index (Phi) is 3.40. The number of anilines is 1. The number of likely N-dealkylation sites (N-methyl/N-ethyl adjacent to an activating group) is 1. The van der Waals surface area contributed by atoms with Crippen molar-refractivity contribution in [3.63, 3.8) is 0 Å². The van der Waals surface area contributed by atoms with Crippen molar-refractivity contribution in [3.8, 4) is 0 Å². The van der Waals surface area contributed by atoms with E-state index in [1.165, 1.54) is 0 Å². The summed E-state index contributed by atoms with van der Waals surface area (Å²) < 4.78 is 0.838. The molecule has 1 aromatic carbocycles. The third-order valence-electron chi connectivity index (χ3n) is 3.05. The predicted octanol–water partition coefficient (Wildman–Crippen LogP) is 1.42. The Morgan fingerprint density at radius 3 is 2.59 bits per heavy atom. The first kappa shape index (κ1) is 12.4. The first-order valence-electron chi connectivity index (χ1n) is 5.49. The summed E-state index contributed by atoms with van der Waals surface area (Å²) in [5.41, 5.74) is 6.97. The van der Waals surface area contributed by atoms with Gasteiger partial charge in [0.2, 0.25) is 0 Å². The SMILES string of the molecule is CN(C)C1CN(C(=O)c2cc(N)cc(Br)c2)C1. The van der Waals surface area contributed by atoms with Gasteiger partial charge in [-0.3, -0.25) is 4.79 Å². The molecule has 17 heavy (non-hydrogen) atoms. The highest BCUT2D eigenvalue weighted by atomic mass is 79.9. The second-order valence-corrected chi connectivity index (χ2v) is 5.52. The minimum absolute atomic E-state index is 0.0519. The fourth-order valence-electron chi connectivity index (χ4n) is 1.87.